The van der Waals surface area contributed by atoms with Gasteiger partial charge in [0.25, 0.3) is 5.91 Å². The Morgan fingerprint density at radius 1 is 1.03 bits per heavy atom. The molecule has 0 aromatic heterocycles. The van der Waals surface area contributed by atoms with Crippen LogP contribution in [0.5, 0.6) is 0 Å². The van der Waals surface area contributed by atoms with E-state index in [4.69, 9.17) is 4.74 Å². The van der Waals surface area contributed by atoms with Crippen LogP contribution in [0.3, 0.4) is 0 Å². The fraction of sp³-hybridized carbons (Fsp3) is 0.519. The predicted molar refractivity (Wildman–Crippen MR) is 126 cm³/mol. The Kier molecular flexibility index (Phi) is 7.93. The quantitative estimate of drug-likeness (QED) is 0.623. The lowest BCUT2D eigenvalue weighted by molar-refractivity contribution is 0.00303. The zero-order valence-electron chi connectivity index (χ0n) is 19.1. The lowest BCUT2D eigenvalue weighted by Gasteiger charge is -2.33. The highest BCUT2D eigenvalue weighted by Gasteiger charge is 2.25. The van der Waals surface area contributed by atoms with E-state index in [1.54, 1.807) is 0 Å². The van der Waals surface area contributed by atoms with Crippen molar-refractivity contribution < 1.29 is 13.9 Å². The summed E-state index contributed by atoms with van der Waals surface area (Å²) in [5, 5.41) is 0. The smallest absolute Gasteiger partial charge is 0.253 e. The minimum Gasteiger partial charge on any atom is -0.376 e. The van der Waals surface area contributed by atoms with Crippen LogP contribution in [0, 0.1) is 6.92 Å². The zero-order valence-corrected chi connectivity index (χ0v) is 19.1. The number of alkyl halides is 1. The maximum Gasteiger partial charge on any atom is 0.253 e. The van der Waals surface area contributed by atoms with Crippen molar-refractivity contribution in [2.45, 2.75) is 57.8 Å². The van der Waals surface area contributed by atoms with Crippen molar-refractivity contribution in [3.05, 3.63) is 70.8 Å². The molecule has 1 unspecified atom stereocenters. The molecule has 172 valence electrons. The number of halogens is 1. The first-order valence-corrected chi connectivity index (χ1v) is 12.0. The van der Waals surface area contributed by atoms with E-state index in [0.717, 1.165) is 56.6 Å². The number of ether oxygens (including phenoxy) is 1. The molecular weight excluding hydrogens is 403 g/mol. The Morgan fingerprint density at radius 2 is 1.78 bits per heavy atom. The van der Waals surface area contributed by atoms with Gasteiger partial charge in [0.1, 0.15) is 6.17 Å². The molecular formula is C27H35FN2O2. The standard InChI is InChI=1S/C27H35FN2O2/c1-21-4-2-5-24(18-21)27(31)30-14-3-6-26(20-30)32-17-13-22-7-9-23(10-8-22)19-29-15-11-25(28)12-16-29/h2,4-5,7-10,18,25-26H,3,6,11-17,19-20H2,1H3. The molecule has 0 saturated carbocycles. The SMILES string of the molecule is Cc1cccc(C(=O)N2CCCC(OCCc3ccc(CN4CCC(F)CC4)cc3)C2)c1. The van der Waals surface area contributed by atoms with Crippen LogP contribution in [0.1, 0.15) is 52.7 Å². The number of likely N-dealkylation sites (tertiary alicyclic amines) is 2. The molecule has 2 aromatic carbocycles. The highest BCUT2D eigenvalue weighted by Crippen LogP contribution is 2.19. The molecule has 2 aromatic rings. The van der Waals surface area contributed by atoms with Gasteiger partial charge in [0.05, 0.1) is 12.7 Å². The van der Waals surface area contributed by atoms with Crippen LogP contribution in [0.2, 0.25) is 0 Å². The fourth-order valence-corrected chi connectivity index (χ4v) is 4.69. The molecule has 4 nitrogen and oxygen atoms in total. The van der Waals surface area contributed by atoms with Crippen molar-refractivity contribution in [3.63, 3.8) is 0 Å². The molecule has 0 N–H and O–H groups in total. The number of carbonyl (C=O) groups excluding carboxylic acids is 1. The molecule has 2 heterocycles. The molecule has 1 amide bonds. The molecule has 0 radical (unpaired) electrons. The fourth-order valence-electron chi connectivity index (χ4n) is 4.69. The Morgan fingerprint density at radius 3 is 2.53 bits per heavy atom. The number of amides is 1. The van der Waals surface area contributed by atoms with Crippen molar-refractivity contribution in [1.29, 1.82) is 0 Å². The third-order valence-corrected chi connectivity index (χ3v) is 6.62. The highest BCUT2D eigenvalue weighted by molar-refractivity contribution is 5.94. The zero-order chi connectivity index (χ0) is 22.3. The molecule has 5 heteroatoms. The summed E-state index contributed by atoms with van der Waals surface area (Å²) in [5.41, 5.74) is 4.42. The summed E-state index contributed by atoms with van der Waals surface area (Å²) in [7, 11) is 0. The van der Waals surface area contributed by atoms with Gasteiger partial charge in [-0.15, -0.1) is 0 Å². The summed E-state index contributed by atoms with van der Waals surface area (Å²) in [5.74, 6) is 0.105. The minimum atomic E-state index is -0.620. The average molecular weight is 439 g/mol. The van der Waals surface area contributed by atoms with E-state index in [-0.39, 0.29) is 12.0 Å². The van der Waals surface area contributed by atoms with Crippen LogP contribution in [-0.4, -0.2) is 60.8 Å². The van der Waals surface area contributed by atoms with E-state index in [0.29, 0.717) is 26.0 Å². The first kappa shape index (κ1) is 22.9. The van der Waals surface area contributed by atoms with Gasteiger partial charge < -0.3 is 9.64 Å². The number of hydrogen-bond acceptors (Lipinski definition) is 3. The van der Waals surface area contributed by atoms with Crippen molar-refractivity contribution in [1.82, 2.24) is 9.80 Å². The lowest BCUT2D eigenvalue weighted by atomic mass is 10.1. The maximum atomic E-state index is 13.3. The van der Waals surface area contributed by atoms with Gasteiger partial charge in [-0.05, 0) is 62.3 Å². The van der Waals surface area contributed by atoms with E-state index in [9.17, 15) is 9.18 Å². The summed E-state index contributed by atoms with van der Waals surface area (Å²) in [6, 6.07) is 16.5. The van der Waals surface area contributed by atoms with Gasteiger partial charge in [-0.25, -0.2) is 4.39 Å². The Bertz CT molecular complexity index is 877. The summed E-state index contributed by atoms with van der Waals surface area (Å²) in [6.45, 7) is 6.75. The molecule has 0 spiro atoms. The van der Waals surface area contributed by atoms with Gasteiger partial charge >= 0.3 is 0 Å². The number of aryl methyl sites for hydroxylation is 1. The summed E-state index contributed by atoms with van der Waals surface area (Å²) >= 11 is 0. The van der Waals surface area contributed by atoms with Gasteiger partial charge in [0.2, 0.25) is 0 Å². The monoisotopic (exact) mass is 438 g/mol. The van der Waals surface area contributed by atoms with Crippen LogP contribution in [0.25, 0.3) is 0 Å². The van der Waals surface area contributed by atoms with Gasteiger partial charge in [0.15, 0.2) is 0 Å². The molecule has 2 aliphatic heterocycles. The minimum absolute atomic E-state index is 0.105. The van der Waals surface area contributed by atoms with Gasteiger partial charge in [-0.2, -0.15) is 0 Å². The van der Waals surface area contributed by atoms with E-state index in [1.807, 2.05) is 36.1 Å². The van der Waals surface area contributed by atoms with Gasteiger partial charge in [-0.3, -0.25) is 9.69 Å². The van der Waals surface area contributed by atoms with Crippen molar-refractivity contribution in [3.8, 4) is 0 Å². The van der Waals surface area contributed by atoms with Gasteiger partial charge in [-0.1, -0.05) is 42.0 Å². The van der Waals surface area contributed by atoms with E-state index in [2.05, 4.69) is 29.2 Å². The number of hydrogen-bond donors (Lipinski definition) is 0. The molecule has 2 aliphatic rings. The van der Waals surface area contributed by atoms with E-state index < -0.39 is 6.17 Å². The third kappa shape index (κ3) is 6.39. The second-order valence-electron chi connectivity index (χ2n) is 9.27. The van der Waals surface area contributed by atoms with Crippen molar-refractivity contribution in [2.75, 3.05) is 32.8 Å². The average Bonchev–Trinajstić information content (AvgIpc) is 2.81. The van der Waals surface area contributed by atoms with Crippen LogP contribution in [0.15, 0.2) is 48.5 Å². The van der Waals surface area contributed by atoms with Crippen LogP contribution < -0.4 is 0 Å². The summed E-state index contributed by atoms with van der Waals surface area (Å²) in [4.78, 5) is 17.1. The number of carbonyl (C=O) groups is 1. The van der Waals surface area contributed by atoms with Crippen LogP contribution >= 0.6 is 0 Å². The Balaban J connectivity index is 1.20. The van der Waals surface area contributed by atoms with Crippen molar-refractivity contribution >= 4 is 5.91 Å². The first-order valence-electron chi connectivity index (χ1n) is 12.0. The van der Waals surface area contributed by atoms with Crippen LogP contribution in [-0.2, 0) is 17.7 Å². The first-order chi connectivity index (χ1) is 15.6. The largest absolute Gasteiger partial charge is 0.376 e. The molecule has 2 fully saturated rings. The maximum absolute atomic E-state index is 13.3. The Hall–Kier alpha value is -2.24. The second-order valence-corrected chi connectivity index (χ2v) is 9.27. The lowest BCUT2D eigenvalue weighted by Crippen LogP contribution is -2.43. The molecule has 1 atom stereocenters. The van der Waals surface area contributed by atoms with Crippen LogP contribution in [0.4, 0.5) is 4.39 Å². The molecule has 4 rings (SSSR count). The molecule has 0 bridgehead atoms. The van der Waals surface area contributed by atoms with E-state index >= 15 is 0 Å². The molecule has 2 saturated heterocycles. The number of rotatable bonds is 7. The topological polar surface area (TPSA) is 32.8 Å². The summed E-state index contributed by atoms with van der Waals surface area (Å²) < 4.78 is 19.4. The predicted octanol–water partition coefficient (Wildman–Crippen LogP) is 4.79. The molecule has 0 aliphatic carbocycles. The van der Waals surface area contributed by atoms with E-state index in [1.165, 1.54) is 11.1 Å². The number of nitrogens with zero attached hydrogens (tertiary/aromatic N) is 2. The third-order valence-electron chi connectivity index (χ3n) is 6.62. The van der Waals surface area contributed by atoms with Crippen molar-refractivity contribution in [2.24, 2.45) is 0 Å². The summed E-state index contributed by atoms with van der Waals surface area (Å²) in [6.07, 6.45) is 3.66. The number of benzene rings is 2. The normalized spacial score (nSPS) is 20.4. The molecule has 32 heavy (non-hydrogen) atoms. The number of piperidine rings is 2. The second kappa shape index (κ2) is 11.1. The highest BCUT2D eigenvalue weighted by atomic mass is 19.1. The Labute approximate surface area is 191 Å². The van der Waals surface area contributed by atoms with Gasteiger partial charge in [0, 0.05) is 38.3 Å².